The molecule has 5 nitrogen and oxygen atoms in total. The molecule has 1 saturated carbocycles. The van der Waals surface area contributed by atoms with Gasteiger partial charge in [-0.05, 0) is 31.3 Å². The van der Waals surface area contributed by atoms with Gasteiger partial charge in [0.2, 0.25) is 0 Å². The van der Waals surface area contributed by atoms with Crippen LogP contribution in [0, 0.1) is 16.7 Å². The van der Waals surface area contributed by atoms with Crippen LogP contribution >= 0.6 is 0 Å². The molecule has 2 bridgehead atoms. The Bertz CT molecular complexity index is 621. The summed E-state index contributed by atoms with van der Waals surface area (Å²) < 4.78 is 16.9. The van der Waals surface area contributed by atoms with Crippen molar-refractivity contribution in [3.63, 3.8) is 0 Å². The van der Waals surface area contributed by atoms with Gasteiger partial charge in [0.25, 0.3) is 0 Å². The average molecular weight is 348 g/mol. The van der Waals surface area contributed by atoms with Gasteiger partial charge in [0.15, 0.2) is 5.41 Å². The van der Waals surface area contributed by atoms with E-state index in [0.29, 0.717) is 6.42 Å². The molecule has 5 heteroatoms. The molecule has 3 atom stereocenters. The molecule has 0 aromatic rings. The summed E-state index contributed by atoms with van der Waals surface area (Å²) in [5, 5.41) is 0. The summed E-state index contributed by atoms with van der Waals surface area (Å²) in [6.07, 6.45) is 6.87. The molecule has 3 rings (SSSR count). The minimum atomic E-state index is -1.29. The third-order valence-corrected chi connectivity index (χ3v) is 5.56. The van der Waals surface area contributed by atoms with Crippen molar-refractivity contribution in [2.75, 3.05) is 13.2 Å². The van der Waals surface area contributed by atoms with E-state index in [1.54, 1.807) is 13.8 Å². The lowest BCUT2D eigenvalue weighted by atomic mass is 9.78. The van der Waals surface area contributed by atoms with Crippen LogP contribution in [0.5, 0.6) is 0 Å². The quantitative estimate of drug-likeness (QED) is 0.444. The molecule has 138 valence electrons. The molecule has 0 aromatic heterocycles. The molecule has 0 aromatic carbocycles. The van der Waals surface area contributed by atoms with Crippen LogP contribution in [-0.4, -0.2) is 36.9 Å². The molecule has 2 aliphatic heterocycles. The Hall–Kier alpha value is -1.62. The number of hydrogen-bond donors (Lipinski definition) is 0. The lowest BCUT2D eigenvalue weighted by Crippen LogP contribution is -2.43. The summed E-state index contributed by atoms with van der Waals surface area (Å²) in [5.41, 5.74) is -0.742. The van der Waals surface area contributed by atoms with E-state index in [-0.39, 0.29) is 37.1 Å². The number of hydrogen-bond acceptors (Lipinski definition) is 5. The van der Waals surface area contributed by atoms with Gasteiger partial charge in [0, 0.05) is 12.3 Å². The Morgan fingerprint density at radius 1 is 1.20 bits per heavy atom. The van der Waals surface area contributed by atoms with Gasteiger partial charge in [-0.15, -0.1) is 0 Å². The van der Waals surface area contributed by atoms with E-state index in [1.807, 2.05) is 6.08 Å². The first-order valence-electron chi connectivity index (χ1n) is 9.12. The normalized spacial score (nSPS) is 32.1. The summed E-state index contributed by atoms with van der Waals surface area (Å²) >= 11 is 0. The Kier molecular flexibility index (Phi) is 4.34. The summed E-state index contributed by atoms with van der Waals surface area (Å²) in [6.45, 7) is 10.4. The molecule has 0 unspecified atom stereocenters. The van der Waals surface area contributed by atoms with E-state index in [0.717, 1.165) is 0 Å². The van der Waals surface area contributed by atoms with Crippen molar-refractivity contribution in [2.45, 2.75) is 59.2 Å². The van der Waals surface area contributed by atoms with E-state index in [9.17, 15) is 9.59 Å². The smallest absolute Gasteiger partial charge is 0.323 e. The minimum absolute atomic E-state index is 0.0365. The first kappa shape index (κ1) is 18.2. The standard InChI is InChI=1S/C20H28O5/c1-6-23-16(21)19(17(22)24-7-2)11-13-10-14(18(3,4)5)15-8-9-20(13,12-19)25-15/h8-10,13,15H,6-7,11-12H2,1-5H3/t13-,15+,20+/m1/s1. The summed E-state index contributed by atoms with van der Waals surface area (Å²) in [7, 11) is 0. The van der Waals surface area contributed by atoms with Crippen LogP contribution in [0.1, 0.15) is 47.5 Å². The average Bonchev–Trinajstić information content (AvgIpc) is 3.06. The van der Waals surface area contributed by atoms with Crippen LogP contribution in [0.15, 0.2) is 23.8 Å². The van der Waals surface area contributed by atoms with Gasteiger partial charge in [-0.3, -0.25) is 9.59 Å². The maximum Gasteiger partial charge on any atom is 0.323 e. The SMILES string of the molecule is CCOC(=O)C1(C(=O)OCC)C[C@H]2C=C(C(C)(C)C)[C@@H]3C=C[C@@]2(C1)O3. The van der Waals surface area contributed by atoms with Gasteiger partial charge in [-0.25, -0.2) is 0 Å². The highest BCUT2D eigenvalue weighted by molar-refractivity contribution is 6.01. The number of carbonyl (C=O) groups is 2. The monoisotopic (exact) mass is 348 g/mol. The third-order valence-electron chi connectivity index (χ3n) is 5.56. The molecule has 25 heavy (non-hydrogen) atoms. The van der Waals surface area contributed by atoms with Crippen LogP contribution in [0.3, 0.4) is 0 Å². The Balaban J connectivity index is 2.01. The van der Waals surface area contributed by atoms with Crippen molar-refractivity contribution in [1.82, 2.24) is 0 Å². The van der Waals surface area contributed by atoms with E-state index in [2.05, 4.69) is 32.9 Å². The molecule has 2 heterocycles. The molecule has 1 fully saturated rings. The Morgan fingerprint density at radius 3 is 2.32 bits per heavy atom. The van der Waals surface area contributed by atoms with Crippen molar-refractivity contribution in [3.05, 3.63) is 23.8 Å². The van der Waals surface area contributed by atoms with E-state index >= 15 is 0 Å². The maximum absolute atomic E-state index is 12.8. The summed E-state index contributed by atoms with van der Waals surface area (Å²) in [6, 6.07) is 0. The van der Waals surface area contributed by atoms with E-state index < -0.39 is 23.0 Å². The molecule has 0 radical (unpaired) electrons. The Morgan fingerprint density at radius 2 is 1.80 bits per heavy atom. The fourth-order valence-corrected chi connectivity index (χ4v) is 4.39. The van der Waals surface area contributed by atoms with Crippen molar-refractivity contribution in [1.29, 1.82) is 0 Å². The number of ether oxygens (including phenoxy) is 3. The maximum atomic E-state index is 12.8. The second-order valence-corrected chi connectivity index (χ2v) is 8.23. The highest BCUT2D eigenvalue weighted by Crippen LogP contribution is 2.59. The molecule has 3 aliphatic rings. The molecule has 0 saturated heterocycles. The zero-order valence-corrected chi connectivity index (χ0v) is 15.8. The van der Waals surface area contributed by atoms with Crippen LogP contribution < -0.4 is 0 Å². The predicted octanol–water partition coefficient (Wildman–Crippen LogP) is 3.19. The second-order valence-electron chi connectivity index (χ2n) is 8.23. The van der Waals surface area contributed by atoms with Gasteiger partial charge in [0.1, 0.15) is 0 Å². The van der Waals surface area contributed by atoms with Gasteiger partial charge >= 0.3 is 11.9 Å². The first-order valence-corrected chi connectivity index (χ1v) is 9.12. The highest BCUT2D eigenvalue weighted by atomic mass is 16.6. The predicted molar refractivity (Wildman–Crippen MR) is 92.7 cm³/mol. The molecule has 0 N–H and O–H groups in total. The summed E-state index contributed by atoms with van der Waals surface area (Å²) in [4.78, 5) is 25.5. The highest BCUT2D eigenvalue weighted by Gasteiger charge is 2.66. The van der Waals surface area contributed by atoms with E-state index in [4.69, 9.17) is 14.2 Å². The number of carbonyl (C=O) groups excluding carboxylic acids is 2. The molecule has 0 amide bonds. The van der Waals surface area contributed by atoms with Crippen LogP contribution in [0.4, 0.5) is 0 Å². The van der Waals surface area contributed by atoms with Crippen molar-refractivity contribution in [2.24, 2.45) is 16.7 Å². The fourth-order valence-electron chi connectivity index (χ4n) is 4.39. The lowest BCUT2D eigenvalue weighted by Gasteiger charge is -2.39. The zero-order chi connectivity index (χ0) is 18.5. The molecule has 1 aliphatic carbocycles. The molecular weight excluding hydrogens is 320 g/mol. The van der Waals surface area contributed by atoms with Crippen molar-refractivity contribution >= 4 is 11.9 Å². The van der Waals surface area contributed by atoms with Gasteiger partial charge in [0.05, 0.1) is 24.9 Å². The largest absolute Gasteiger partial charge is 0.465 e. The van der Waals surface area contributed by atoms with Crippen molar-refractivity contribution in [3.8, 4) is 0 Å². The minimum Gasteiger partial charge on any atom is -0.465 e. The fraction of sp³-hybridized carbons (Fsp3) is 0.700. The van der Waals surface area contributed by atoms with Crippen LogP contribution in [-0.2, 0) is 23.8 Å². The van der Waals surface area contributed by atoms with Crippen molar-refractivity contribution < 1.29 is 23.8 Å². The summed E-state index contributed by atoms with van der Waals surface area (Å²) in [5.74, 6) is -1.03. The van der Waals surface area contributed by atoms with E-state index in [1.165, 1.54) is 5.57 Å². The third kappa shape index (κ3) is 2.73. The second kappa shape index (κ2) is 5.97. The van der Waals surface area contributed by atoms with Gasteiger partial charge in [-0.1, -0.05) is 39.0 Å². The van der Waals surface area contributed by atoms with Gasteiger partial charge < -0.3 is 14.2 Å². The van der Waals surface area contributed by atoms with Gasteiger partial charge in [-0.2, -0.15) is 0 Å². The topological polar surface area (TPSA) is 61.8 Å². The first-order chi connectivity index (χ1) is 11.7. The molecule has 1 spiro atoms. The number of fused-ring (bicyclic) bond motifs is 1. The zero-order valence-electron chi connectivity index (χ0n) is 15.8. The molecular formula is C20H28O5. The van der Waals surface area contributed by atoms with Crippen LogP contribution in [0.2, 0.25) is 0 Å². The Labute approximate surface area is 149 Å². The number of rotatable bonds is 4. The lowest BCUT2D eigenvalue weighted by molar-refractivity contribution is -0.173. The number of esters is 2. The van der Waals surface area contributed by atoms with Crippen LogP contribution in [0.25, 0.3) is 0 Å².